The Kier molecular flexibility index (Phi) is 4.87. The molecule has 0 N–H and O–H groups in total. The van der Waals surface area contributed by atoms with Crippen molar-refractivity contribution in [2.45, 2.75) is 52.1 Å². The highest BCUT2D eigenvalue weighted by Crippen LogP contribution is 2.31. The van der Waals surface area contributed by atoms with Gasteiger partial charge >= 0.3 is 5.82 Å². The van der Waals surface area contributed by atoms with Crippen LogP contribution in [-0.2, 0) is 11.3 Å². The van der Waals surface area contributed by atoms with Crippen molar-refractivity contribution in [1.82, 2.24) is 14.5 Å². The average Bonchev–Trinajstić information content (AvgIpc) is 3.05. The van der Waals surface area contributed by atoms with Crippen LogP contribution >= 0.6 is 0 Å². The first-order chi connectivity index (χ1) is 12.0. The molecule has 25 heavy (non-hydrogen) atoms. The van der Waals surface area contributed by atoms with Gasteiger partial charge in [0.1, 0.15) is 24.3 Å². The van der Waals surface area contributed by atoms with Crippen molar-refractivity contribution in [3.63, 3.8) is 0 Å². The fourth-order valence-corrected chi connectivity index (χ4v) is 3.31. The van der Waals surface area contributed by atoms with Crippen LogP contribution in [0.15, 0.2) is 22.7 Å². The summed E-state index contributed by atoms with van der Waals surface area (Å²) in [6.45, 7) is 4.26. The van der Waals surface area contributed by atoms with Gasteiger partial charge in [-0.2, -0.15) is 0 Å². The van der Waals surface area contributed by atoms with E-state index in [0.717, 1.165) is 37.2 Å². The summed E-state index contributed by atoms with van der Waals surface area (Å²) in [5.41, 5.74) is 0. The maximum Gasteiger partial charge on any atom is 0.381 e. The largest absolute Gasteiger partial charge is 0.464 e. The number of hydrogen-bond acceptors (Lipinski definition) is 5. The van der Waals surface area contributed by atoms with Crippen LogP contribution in [0, 0.1) is 24.0 Å². The van der Waals surface area contributed by atoms with Crippen molar-refractivity contribution in [3.05, 3.63) is 45.8 Å². The molecule has 1 saturated heterocycles. The van der Waals surface area contributed by atoms with Crippen LogP contribution in [0.1, 0.15) is 49.1 Å². The minimum Gasteiger partial charge on any atom is -0.464 e. The van der Waals surface area contributed by atoms with Crippen molar-refractivity contribution >= 4 is 11.7 Å². The fourth-order valence-electron chi connectivity index (χ4n) is 3.31. The average molecular weight is 346 g/mol. The van der Waals surface area contributed by atoms with Gasteiger partial charge in [0.2, 0.25) is 11.7 Å². The van der Waals surface area contributed by atoms with E-state index in [1.54, 1.807) is 6.92 Å². The summed E-state index contributed by atoms with van der Waals surface area (Å²) >= 11 is 0. The minimum atomic E-state index is -0.547. The van der Waals surface area contributed by atoms with Gasteiger partial charge in [0.25, 0.3) is 0 Å². The van der Waals surface area contributed by atoms with Gasteiger partial charge in [-0.25, -0.2) is 0 Å². The van der Waals surface area contributed by atoms with Crippen LogP contribution in [0.3, 0.4) is 0 Å². The molecule has 1 unspecified atom stereocenters. The number of likely N-dealkylation sites (tertiary alicyclic amines) is 1. The molecule has 0 aliphatic carbocycles. The van der Waals surface area contributed by atoms with E-state index in [1.165, 1.54) is 10.8 Å². The highest BCUT2D eigenvalue weighted by atomic mass is 16.6. The van der Waals surface area contributed by atoms with Gasteiger partial charge in [-0.1, -0.05) is 12.8 Å². The van der Waals surface area contributed by atoms with Crippen LogP contribution in [0.2, 0.25) is 0 Å². The van der Waals surface area contributed by atoms with Crippen molar-refractivity contribution in [3.8, 4) is 0 Å². The Morgan fingerprint density at radius 2 is 2.16 bits per heavy atom. The van der Waals surface area contributed by atoms with E-state index < -0.39 is 4.92 Å². The zero-order valence-corrected chi connectivity index (χ0v) is 14.5. The SMILES string of the molecule is Cc1ccc(C2CCCCCN2C(=O)Cn2cc([N+](=O)[O-])nc2C)o1. The Labute approximate surface area is 145 Å². The number of nitrogens with zero attached hydrogens (tertiary/aromatic N) is 4. The van der Waals surface area contributed by atoms with Crippen LogP contribution in [0.5, 0.6) is 0 Å². The molecule has 8 heteroatoms. The minimum absolute atomic E-state index is 0.0445. The van der Waals surface area contributed by atoms with Gasteiger partial charge in [-0.15, -0.1) is 0 Å². The van der Waals surface area contributed by atoms with E-state index >= 15 is 0 Å². The highest BCUT2D eigenvalue weighted by molar-refractivity contribution is 5.76. The van der Waals surface area contributed by atoms with Crippen molar-refractivity contribution in [1.29, 1.82) is 0 Å². The lowest BCUT2D eigenvalue weighted by molar-refractivity contribution is -0.389. The van der Waals surface area contributed by atoms with Crippen LogP contribution in [0.25, 0.3) is 0 Å². The molecule has 8 nitrogen and oxygen atoms in total. The second-order valence-electron chi connectivity index (χ2n) is 6.43. The molecular formula is C17H22N4O4. The van der Waals surface area contributed by atoms with Crippen molar-refractivity contribution in [2.24, 2.45) is 0 Å². The molecular weight excluding hydrogens is 324 g/mol. The maximum absolute atomic E-state index is 12.9. The Balaban J connectivity index is 1.81. The highest BCUT2D eigenvalue weighted by Gasteiger charge is 2.29. The molecule has 0 radical (unpaired) electrons. The quantitative estimate of drug-likeness (QED) is 0.626. The lowest BCUT2D eigenvalue weighted by Gasteiger charge is -2.28. The second-order valence-corrected chi connectivity index (χ2v) is 6.43. The molecule has 3 rings (SSSR count). The molecule has 0 bridgehead atoms. The number of imidazole rings is 1. The summed E-state index contributed by atoms with van der Waals surface area (Å²) in [5, 5.41) is 10.9. The Morgan fingerprint density at radius 1 is 1.36 bits per heavy atom. The lowest BCUT2D eigenvalue weighted by Crippen LogP contribution is -2.37. The van der Waals surface area contributed by atoms with E-state index in [0.29, 0.717) is 12.4 Å². The van der Waals surface area contributed by atoms with Gasteiger partial charge in [-0.05, 0) is 41.8 Å². The molecule has 0 spiro atoms. The summed E-state index contributed by atoms with van der Waals surface area (Å²) < 4.78 is 7.30. The third kappa shape index (κ3) is 3.72. The molecule has 2 aromatic rings. The summed E-state index contributed by atoms with van der Waals surface area (Å²) in [4.78, 5) is 28.9. The second kappa shape index (κ2) is 7.08. The number of amides is 1. The maximum atomic E-state index is 12.9. The molecule has 134 valence electrons. The number of aryl methyl sites for hydroxylation is 2. The summed E-state index contributed by atoms with van der Waals surface area (Å²) in [5.74, 6) is 1.78. The fraction of sp³-hybridized carbons (Fsp3) is 0.529. The van der Waals surface area contributed by atoms with Gasteiger partial charge in [-0.3, -0.25) is 9.36 Å². The number of carbonyl (C=O) groups is 1. The zero-order valence-electron chi connectivity index (χ0n) is 14.5. The first-order valence-corrected chi connectivity index (χ1v) is 8.49. The molecule has 1 amide bonds. The number of carbonyl (C=O) groups excluding carboxylic acids is 1. The number of rotatable bonds is 4. The third-order valence-corrected chi connectivity index (χ3v) is 4.62. The number of furan rings is 1. The summed E-state index contributed by atoms with van der Waals surface area (Å²) in [6, 6.07) is 3.76. The lowest BCUT2D eigenvalue weighted by atomic mass is 10.1. The molecule has 1 atom stereocenters. The molecule has 0 saturated carbocycles. The van der Waals surface area contributed by atoms with E-state index in [9.17, 15) is 14.9 Å². The topological polar surface area (TPSA) is 94.4 Å². The van der Waals surface area contributed by atoms with Crippen LogP contribution in [-0.4, -0.2) is 31.8 Å². The van der Waals surface area contributed by atoms with Crippen molar-refractivity contribution < 1.29 is 14.1 Å². The standard InChI is InChI=1S/C17H22N4O4/c1-12-7-8-15(25-12)14-6-4-3-5-9-20(14)17(22)11-19-10-16(21(23)24)18-13(19)2/h7-8,10,14H,3-6,9,11H2,1-2H3. The van der Waals surface area contributed by atoms with E-state index in [4.69, 9.17) is 4.42 Å². The molecule has 1 aliphatic heterocycles. The van der Waals surface area contributed by atoms with Crippen molar-refractivity contribution in [2.75, 3.05) is 6.54 Å². The van der Waals surface area contributed by atoms with Gasteiger partial charge in [0.05, 0.1) is 6.04 Å². The normalized spacial score (nSPS) is 18.2. The predicted octanol–water partition coefficient (Wildman–Crippen LogP) is 3.15. The smallest absolute Gasteiger partial charge is 0.381 e. The van der Waals surface area contributed by atoms with Gasteiger partial charge in [0, 0.05) is 13.5 Å². The number of aromatic nitrogens is 2. The molecule has 2 aromatic heterocycles. The summed E-state index contributed by atoms with van der Waals surface area (Å²) in [7, 11) is 0. The van der Waals surface area contributed by atoms with E-state index in [1.807, 2.05) is 24.0 Å². The third-order valence-electron chi connectivity index (χ3n) is 4.62. The van der Waals surface area contributed by atoms with E-state index in [2.05, 4.69) is 4.98 Å². The molecule has 0 aromatic carbocycles. The zero-order chi connectivity index (χ0) is 18.0. The number of hydrogen-bond donors (Lipinski definition) is 0. The van der Waals surface area contributed by atoms with Crippen LogP contribution in [0.4, 0.5) is 5.82 Å². The predicted molar refractivity (Wildman–Crippen MR) is 90.0 cm³/mol. The first-order valence-electron chi connectivity index (χ1n) is 8.49. The number of nitro groups is 1. The monoisotopic (exact) mass is 346 g/mol. The Bertz CT molecular complexity index is 779. The molecule has 1 fully saturated rings. The van der Waals surface area contributed by atoms with Crippen LogP contribution < -0.4 is 0 Å². The summed E-state index contributed by atoms with van der Waals surface area (Å²) in [6.07, 6.45) is 5.25. The van der Waals surface area contributed by atoms with Gasteiger partial charge < -0.3 is 19.4 Å². The molecule has 1 aliphatic rings. The van der Waals surface area contributed by atoms with E-state index in [-0.39, 0.29) is 24.3 Å². The van der Waals surface area contributed by atoms with Gasteiger partial charge in [0.15, 0.2) is 0 Å². The first kappa shape index (κ1) is 17.2. The molecule has 3 heterocycles. The Morgan fingerprint density at radius 3 is 2.80 bits per heavy atom. The Hall–Kier alpha value is -2.64.